The van der Waals surface area contributed by atoms with Crippen molar-refractivity contribution >= 4 is 25.7 Å². The number of phosphoric acid groups is 1. The second kappa shape index (κ2) is 48.1. The number of carbonyl (C=O) groups excluding carboxylic acids is 3. The van der Waals surface area contributed by atoms with Crippen molar-refractivity contribution in [2.24, 2.45) is 0 Å². The molecule has 0 heterocycles. The molecule has 12 heteroatoms. The lowest BCUT2D eigenvalue weighted by Gasteiger charge is -2.21. The van der Waals surface area contributed by atoms with Crippen LogP contribution in [0.1, 0.15) is 201 Å². The normalized spacial score (nSPS) is 14.2. The summed E-state index contributed by atoms with van der Waals surface area (Å²) in [6.07, 6.45) is 52.8. The van der Waals surface area contributed by atoms with Gasteiger partial charge in [0.05, 0.1) is 19.8 Å². The van der Waals surface area contributed by atoms with Crippen LogP contribution in [0.25, 0.3) is 0 Å². The molecule has 0 aliphatic heterocycles. The summed E-state index contributed by atoms with van der Waals surface area (Å²) >= 11 is 0. The average molecular weight is 947 g/mol. The molecule has 0 amide bonds. The number of aliphatic hydroxyl groups is 1. The summed E-state index contributed by atoms with van der Waals surface area (Å²) in [5.74, 6) is -1.56. The number of unbranched alkanes of at least 4 members (excludes halogenated alkanes) is 15. The molecule has 3 atom stereocenters. The highest BCUT2D eigenvalue weighted by molar-refractivity contribution is 7.47. The topological polar surface area (TPSA) is 155 Å². The summed E-state index contributed by atoms with van der Waals surface area (Å²) in [6, 6.07) is 0. The van der Waals surface area contributed by atoms with Crippen LogP contribution in [-0.2, 0) is 42.2 Å². The first-order chi connectivity index (χ1) is 32.2. The average Bonchev–Trinajstić information content (AvgIpc) is 3.30. The van der Waals surface area contributed by atoms with Gasteiger partial charge in [0.25, 0.3) is 0 Å². The number of allylic oxidation sites excluding steroid dienone is 14. The van der Waals surface area contributed by atoms with Gasteiger partial charge < -0.3 is 24.2 Å². The maximum atomic E-state index is 12.8. The molecule has 0 bridgehead atoms. The van der Waals surface area contributed by atoms with Crippen LogP contribution in [0, 0.1) is 0 Å². The summed E-state index contributed by atoms with van der Waals surface area (Å²) < 4.78 is 39.2. The van der Waals surface area contributed by atoms with E-state index in [4.69, 9.17) is 23.3 Å². The number of hydrogen-bond donors (Lipinski definition) is 2. The zero-order valence-electron chi connectivity index (χ0n) is 41.4. The van der Waals surface area contributed by atoms with Gasteiger partial charge in [0.15, 0.2) is 6.10 Å². The van der Waals surface area contributed by atoms with Gasteiger partial charge in [-0.15, -0.1) is 0 Å². The van der Waals surface area contributed by atoms with Gasteiger partial charge in [0.2, 0.25) is 0 Å². The van der Waals surface area contributed by atoms with Crippen LogP contribution >= 0.6 is 7.82 Å². The lowest BCUT2D eigenvalue weighted by Crippen LogP contribution is -2.30. The van der Waals surface area contributed by atoms with Crippen molar-refractivity contribution in [1.82, 2.24) is 0 Å². The van der Waals surface area contributed by atoms with Crippen LogP contribution < -0.4 is 0 Å². The van der Waals surface area contributed by atoms with Gasteiger partial charge >= 0.3 is 25.7 Å². The first-order valence-corrected chi connectivity index (χ1v) is 27.0. The summed E-state index contributed by atoms with van der Waals surface area (Å²) in [6.45, 7) is 4.33. The Morgan fingerprint density at radius 3 is 1.27 bits per heavy atom. The van der Waals surface area contributed by atoms with Crippen molar-refractivity contribution in [3.8, 4) is 0 Å². The second-order valence-electron chi connectivity index (χ2n) is 16.6. The van der Waals surface area contributed by atoms with Gasteiger partial charge in [-0.25, -0.2) is 4.57 Å². The number of aliphatic hydroxyl groups excluding tert-OH is 1. The summed E-state index contributed by atoms with van der Waals surface area (Å²) in [5, 5.41) is 9.75. The monoisotopic (exact) mass is 947 g/mol. The van der Waals surface area contributed by atoms with Crippen LogP contribution in [-0.4, -0.2) is 66.5 Å². The molecule has 0 aromatic carbocycles. The van der Waals surface area contributed by atoms with E-state index in [0.29, 0.717) is 25.7 Å². The highest BCUT2D eigenvalue weighted by Gasteiger charge is 2.28. The van der Waals surface area contributed by atoms with Gasteiger partial charge in [0, 0.05) is 19.3 Å². The summed E-state index contributed by atoms with van der Waals surface area (Å²) in [7, 11) is -4.76. The molecule has 3 unspecified atom stereocenters. The molecule has 0 aromatic heterocycles. The lowest BCUT2D eigenvalue weighted by atomic mass is 10.1. The van der Waals surface area contributed by atoms with Crippen molar-refractivity contribution in [2.45, 2.75) is 213 Å². The third kappa shape index (κ3) is 45.8. The molecule has 0 rings (SSSR count). The first-order valence-electron chi connectivity index (χ1n) is 25.5. The van der Waals surface area contributed by atoms with E-state index in [-0.39, 0.29) is 25.9 Å². The maximum Gasteiger partial charge on any atom is 0.472 e. The molecule has 66 heavy (non-hydrogen) atoms. The third-order valence-corrected chi connectivity index (χ3v) is 11.2. The van der Waals surface area contributed by atoms with E-state index in [1.165, 1.54) is 25.7 Å². The maximum absolute atomic E-state index is 12.8. The van der Waals surface area contributed by atoms with Crippen molar-refractivity contribution in [3.05, 3.63) is 85.1 Å². The van der Waals surface area contributed by atoms with Crippen molar-refractivity contribution in [2.75, 3.05) is 26.4 Å². The Labute approximate surface area is 400 Å². The molecule has 0 aliphatic rings. The molecule has 0 saturated carbocycles. The van der Waals surface area contributed by atoms with Crippen LogP contribution in [0.3, 0.4) is 0 Å². The molecule has 0 radical (unpaired) electrons. The fourth-order valence-electron chi connectivity index (χ4n) is 6.35. The van der Waals surface area contributed by atoms with E-state index in [0.717, 1.165) is 109 Å². The van der Waals surface area contributed by atoms with Gasteiger partial charge in [-0.2, -0.15) is 0 Å². The Morgan fingerprint density at radius 1 is 0.439 bits per heavy atom. The van der Waals surface area contributed by atoms with E-state index in [1.807, 2.05) is 6.08 Å². The summed E-state index contributed by atoms with van der Waals surface area (Å²) in [5.41, 5.74) is 0. The van der Waals surface area contributed by atoms with Crippen LogP contribution in [0.15, 0.2) is 85.1 Å². The Hall–Kier alpha value is -3.34. The standard InChI is InChI=1S/C54H91O11P/c1-4-7-10-13-16-19-22-23-24-25-26-27-30-31-34-37-40-43-52(56)61-47-51(65-54(58)45-42-39-36-33-29-21-18-15-12-9-6-3)49-63-66(59,60)62-48-50(46-55)64-53(57)44-41-38-35-32-28-20-17-14-11-8-5-2/h7,10,14-19,23-24,26-27,31,34,50-51,55H,4-6,8-9,11-13,20-22,25,28-30,32-33,35-49H2,1-3H3,(H,59,60)/b10-7-,17-14-,18-15-,19-16-,24-23-,27-26-,34-31-. The number of carbonyl (C=O) groups is 3. The quantitative estimate of drug-likeness (QED) is 0.0197. The molecule has 0 aromatic rings. The number of hydrogen-bond acceptors (Lipinski definition) is 10. The zero-order chi connectivity index (χ0) is 48.4. The highest BCUT2D eigenvalue weighted by Crippen LogP contribution is 2.43. The summed E-state index contributed by atoms with van der Waals surface area (Å²) in [4.78, 5) is 48.2. The van der Waals surface area contributed by atoms with Gasteiger partial charge in [-0.05, 0) is 96.3 Å². The molecule has 0 aliphatic carbocycles. The number of rotatable bonds is 46. The van der Waals surface area contributed by atoms with E-state index in [2.05, 4.69) is 99.8 Å². The van der Waals surface area contributed by atoms with Crippen LogP contribution in [0.4, 0.5) is 0 Å². The predicted octanol–water partition coefficient (Wildman–Crippen LogP) is 14.4. The lowest BCUT2D eigenvalue weighted by molar-refractivity contribution is -0.161. The Morgan fingerprint density at radius 2 is 0.803 bits per heavy atom. The molecule has 0 spiro atoms. The molecular weight excluding hydrogens is 856 g/mol. The van der Waals surface area contributed by atoms with Crippen LogP contribution in [0.2, 0.25) is 0 Å². The van der Waals surface area contributed by atoms with Crippen molar-refractivity contribution in [1.29, 1.82) is 0 Å². The molecule has 0 saturated heterocycles. The fourth-order valence-corrected chi connectivity index (χ4v) is 7.14. The van der Waals surface area contributed by atoms with E-state index < -0.39 is 57.8 Å². The SMILES string of the molecule is CC/C=C\C/C=C\C/C=C\C/C=C\C/C=C\CCCC(=O)OCC(COP(=O)(O)OCC(CO)OC(=O)CCCCCCC/C=C\CCCC)OC(=O)CCCCCCC/C=C\CCCC. The van der Waals surface area contributed by atoms with E-state index in [1.54, 1.807) is 0 Å². The van der Waals surface area contributed by atoms with Gasteiger partial charge in [-0.1, -0.05) is 170 Å². The van der Waals surface area contributed by atoms with E-state index >= 15 is 0 Å². The second-order valence-corrected chi connectivity index (χ2v) is 18.0. The fraction of sp³-hybridized carbons (Fsp3) is 0.685. The van der Waals surface area contributed by atoms with Crippen molar-refractivity contribution < 1.29 is 52.2 Å². The Kier molecular flexibility index (Phi) is 45.7. The number of esters is 3. The first kappa shape index (κ1) is 62.7. The largest absolute Gasteiger partial charge is 0.472 e. The molecule has 11 nitrogen and oxygen atoms in total. The number of phosphoric ester groups is 1. The Balaban J connectivity index is 4.83. The van der Waals surface area contributed by atoms with Gasteiger partial charge in [-0.3, -0.25) is 23.4 Å². The number of ether oxygens (including phenoxy) is 3. The molecule has 2 N–H and O–H groups in total. The zero-order valence-corrected chi connectivity index (χ0v) is 42.3. The van der Waals surface area contributed by atoms with Crippen LogP contribution in [0.5, 0.6) is 0 Å². The molecular formula is C54H91O11P. The highest BCUT2D eigenvalue weighted by atomic mass is 31.2. The molecule has 378 valence electrons. The van der Waals surface area contributed by atoms with E-state index in [9.17, 15) is 28.9 Å². The minimum Gasteiger partial charge on any atom is -0.462 e. The Bertz CT molecular complexity index is 1430. The third-order valence-electron chi connectivity index (χ3n) is 10.3. The van der Waals surface area contributed by atoms with Crippen molar-refractivity contribution in [3.63, 3.8) is 0 Å². The predicted molar refractivity (Wildman–Crippen MR) is 270 cm³/mol. The minimum absolute atomic E-state index is 0.141. The smallest absolute Gasteiger partial charge is 0.462 e. The minimum atomic E-state index is -4.76. The van der Waals surface area contributed by atoms with Gasteiger partial charge in [0.1, 0.15) is 12.7 Å². The molecule has 0 fully saturated rings.